The number of anilines is 1. The number of hydrogen-bond acceptors (Lipinski definition) is 6. The molecule has 0 aliphatic heterocycles. The number of benzene rings is 2. The zero-order valence-corrected chi connectivity index (χ0v) is 23.0. The Bertz CT molecular complexity index is 1550. The van der Waals surface area contributed by atoms with Gasteiger partial charge in [0.05, 0.1) is 0 Å². The van der Waals surface area contributed by atoms with Gasteiger partial charge in [0, 0.05) is 36.0 Å². The summed E-state index contributed by atoms with van der Waals surface area (Å²) in [6.45, 7) is 2.65. The van der Waals surface area contributed by atoms with Crippen molar-refractivity contribution in [1.82, 2.24) is 25.5 Å². The number of amides is 2. The normalized spacial score (nSPS) is 17.5. The van der Waals surface area contributed by atoms with Crippen LogP contribution in [0.4, 0.5) is 5.69 Å². The van der Waals surface area contributed by atoms with E-state index in [9.17, 15) is 14.4 Å². The fraction of sp³-hybridized carbons (Fsp3) is 0.323. The Hall–Kier alpha value is -4.57. The van der Waals surface area contributed by atoms with E-state index < -0.39 is 11.7 Å². The first kappa shape index (κ1) is 28.0. The fourth-order valence-corrected chi connectivity index (χ4v) is 5.41. The highest BCUT2D eigenvalue weighted by atomic mass is 16.2. The van der Waals surface area contributed by atoms with Crippen molar-refractivity contribution in [2.24, 2.45) is 17.6 Å². The van der Waals surface area contributed by atoms with Crippen LogP contribution in [0.5, 0.6) is 0 Å². The van der Waals surface area contributed by atoms with Crippen LogP contribution in [0, 0.1) is 18.8 Å². The third-order valence-corrected chi connectivity index (χ3v) is 7.81. The van der Waals surface area contributed by atoms with Crippen LogP contribution in [0.2, 0.25) is 0 Å². The molecule has 212 valence electrons. The molecule has 1 aliphatic rings. The highest BCUT2D eigenvalue weighted by Crippen LogP contribution is 2.29. The van der Waals surface area contributed by atoms with Gasteiger partial charge in [0.15, 0.2) is 5.82 Å². The Labute approximate surface area is 238 Å². The molecule has 10 heteroatoms. The summed E-state index contributed by atoms with van der Waals surface area (Å²) in [5.74, 6) is 0.334. The number of nitrogens with one attached hydrogen (secondary N) is 4. The van der Waals surface area contributed by atoms with E-state index in [0.29, 0.717) is 36.0 Å². The lowest BCUT2D eigenvalue weighted by molar-refractivity contribution is -0.130. The first-order valence-corrected chi connectivity index (χ1v) is 14.0. The van der Waals surface area contributed by atoms with E-state index in [4.69, 9.17) is 5.73 Å². The third kappa shape index (κ3) is 6.96. The average Bonchev–Trinajstić information content (AvgIpc) is 3.43. The molecule has 0 radical (unpaired) electrons. The number of carbonyl (C=O) groups is 2. The summed E-state index contributed by atoms with van der Waals surface area (Å²) in [6.07, 6.45) is 7.32. The zero-order valence-electron chi connectivity index (χ0n) is 23.0. The molecule has 0 unspecified atom stereocenters. The summed E-state index contributed by atoms with van der Waals surface area (Å²) >= 11 is 0. The van der Waals surface area contributed by atoms with Crippen LogP contribution >= 0.6 is 0 Å². The molecule has 6 N–H and O–H groups in total. The smallest absolute Gasteiger partial charge is 0.340 e. The minimum atomic E-state index is -0.772. The van der Waals surface area contributed by atoms with Crippen LogP contribution in [0.3, 0.4) is 0 Å². The maximum Gasteiger partial charge on any atom is 0.340 e. The monoisotopic (exact) mass is 553 g/mol. The van der Waals surface area contributed by atoms with Crippen molar-refractivity contribution in [3.8, 4) is 22.5 Å². The Kier molecular flexibility index (Phi) is 8.69. The molecular weight excluding hydrogens is 518 g/mol. The Morgan fingerprint density at radius 1 is 1.05 bits per heavy atom. The van der Waals surface area contributed by atoms with Crippen LogP contribution in [0.1, 0.15) is 36.8 Å². The highest BCUT2D eigenvalue weighted by Gasteiger charge is 2.29. The molecule has 2 aromatic heterocycles. The van der Waals surface area contributed by atoms with Crippen LogP contribution < -0.4 is 22.1 Å². The van der Waals surface area contributed by atoms with Gasteiger partial charge in [0.25, 0.3) is 0 Å². The molecular formula is C31H35N7O3. The summed E-state index contributed by atoms with van der Waals surface area (Å²) in [6, 6.07) is 16.2. The number of aryl methyl sites for hydroxylation is 1. The van der Waals surface area contributed by atoms with E-state index in [1.165, 1.54) is 0 Å². The largest absolute Gasteiger partial charge is 0.344 e. The molecule has 1 aliphatic carbocycles. The van der Waals surface area contributed by atoms with Crippen LogP contribution in [0.25, 0.3) is 22.5 Å². The summed E-state index contributed by atoms with van der Waals surface area (Å²) in [4.78, 5) is 45.1. The summed E-state index contributed by atoms with van der Waals surface area (Å²) < 4.78 is 0. The van der Waals surface area contributed by atoms with Gasteiger partial charge in [-0.25, -0.2) is 9.89 Å². The maximum absolute atomic E-state index is 13.6. The average molecular weight is 554 g/mol. The van der Waals surface area contributed by atoms with E-state index in [1.807, 2.05) is 37.4 Å². The molecule has 0 spiro atoms. The second-order valence-corrected chi connectivity index (χ2v) is 10.7. The Balaban J connectivity index is 1.34. The van der Waals surface area contributed by atoms with Gasteiger partial charge in [-0.1, -0.05) is 24.3 Å². The van der Waals surface area contributed by atoms with Crippen molar-refractivity contribution in [2.45, 2.75) is 45.1 Å². The first-order valence-electron chi connectivity index (χ1n) is 14.0. The molecule has 2 amide bonds. The number of aromatic amines is 2. The molecule has 5 rings (SSSR count). The van der Waals surface area contributed by atoms with Crippen LogP contribution in [0.15, 0.2) is 71.8 Å². The van der Waals surface area contributed by atoms with Gasteiger partial charge in [0.1, 0.15) is 6.04 Å². The van der Waals surface area contributed by atoms with Crippen LogP contribution in [-0.4, -0.2) is 44.6 Å². The van der Waals surface area contributed by atoms with Gasteiger partial charge in [-0.05, 0) is 97.7 Å². The van der Waals surface area contributed by atoms with Crippen molar-refractivity contribution in [2.75, 3.05) is 11.9 Å². The van der Waals surface area contributed by atoms with Gasteiger partial charge in [-0.15, -0.1) is 0 Å². The molecule has 4 aromatic rings. The zero-order chi connectivity index (χ0) is 28.8. The minimum absolute atomic E-state index is 0.0976. The lowest BCUT2D eigenvalue weighted by atomic mass is 9.81. The quantitative estimate of drug-likeness (QED) is 0.213. The molecule has 2 heterocycles. The van der Waals surface area contributed by atoms with Gasteiger partial charge in [0.2, 0.25) is 11.8 Å². The van der Waals surface area contributed by atoms with Gasteiger partial charge in [-0.3, -0.25) is 19.6 Å². The van der Waals surface area contributed by atoms with Crippen LogP contribution in [-0.2, 0) is 16.0 Å². The molecule has 1 atom stereocenters. The fourth-order valence-electron chi connectivity index (χ4n) is 5.41. The minimum Gasteiger partial charge on any atom is -0.344 e. The van der Waals surface area contributed by atoms with Crippen molar-refractivity contribution >= 4 is 17.5 Å². The topological polar surface area (TPSA) is 159 Å². The summed E-state index contributed by atoms with van der Waals surface area (Å²) in [7, 11) is 0. The van der Waals surface area contributed by atoms with E-state index >= 15 is 0 Å². The maximum atomic E-state index is 13.6. The lowest BCUT2D eigenvalue weighted by Crippen LogP contribution is -2.48. The molecule has 1 fully saturated rings. The number of aromatic nitrogens is 4. The lowest BCUT2D eigenvalue weighted by Gasteiger charge is -2.28. The van der Waals surface area contributed by atoms with Gasteiger partial charge in [-0.2, -0.15) is 5.10 Å². The molecule has 41 heavy (non-hydrogen) atoms. The number of nitrogens with zero attached hydrogens (tertiary/aromatic N) is 2. The molecule has 0 bridgehead atoms. The molecule has 1 saturated carbocycles. The second-order valence-electron chi connectivity index (χ2n) is 10.7. The SMILES string of the molecule is Cc1cnccc1-c1cccc(C[C@H](NC(=O)C2CCC(CN)CC2)C(=O)Nc2ccc(-c3n[nH]c(=O)[nH]3)cc2)c1. The summed E-state index contributed by atoms with van der Waals surface area (Å²) in [5, 5.41) is 12.3. The standard InChI is InChI=1S/C31H35N7O3/c1-19-18-33-14-13-26(19)24-4-2-3-21(15-24)16-27(35-29(39)23-7-5-20(17-32)6-8-23)30(40)34-25-11-9-22(10-12-25)28-36-31(41)38-37-28/h2-4,9-15,18,20,23,27H,5-8,16-17,32H2,1H3,(H,34,40)(H,35,39)(H2,36,37,38,41)/t20?,23?,27-/m0/s1. The first-order chi connectivity index (χ1) is 19.9. The van der Waals surface area contributed by atoms with E-state index in [-0.39, 0.29) is 17.7 Å². The molecule has 10 nitrogen and oxygen atoms in total. The number of pyridine rings is 1. The van der Waals surface area contributed by atoms with Crippen molar-refractivity contribution in [3.05, 3.63) is 88.6 Å². The van der Waals surface area contributed by atoms with Gasteiger partial charge < -0.3 is 16.4 Å². The molecule has 0 saturated heterocycles. The van der Waals surface area contributed by atoms with Crippen molar-refractivity contribution in [3.63, 3.8) is 0 Å². The predicted octanol–water partition coefficient (Wildman–Crippen LogP) is 3.57. The van der Waals surface area contributed by atoms with E-state index in [2.05, 4.69) is 36.9 Å². The van der Waals surface area contributed by atoms with Crippen molar-refractivity contribution < 1.29 is 9.59 Å². The number of hydrogen-bond donors (Lipinski definition) is 5. The number of H-pyrrole nitrogens is 2. The number of carbonyl (C=O) groups excluding carboxylic acids is 2. The van der Waals surface area contributed by atoms with E-state index in [0.717, 1.165) is 47.9 Å². The van der Waals surface area contributed by atoms with E-state index in [1.54, 1.807) is 30.5 Å². The molecule has 2 aromatic carbocycles. The Morgan fingerprint density at radius 2 is 1.83 bits per heavy atom. The second kappa shape index (κ2) is 12.7. The summed E-state index contributed by atoms with van der Waals surface area (Å²) in [5.41, 5.74) is 10.8. The third-order valence-electron chi connectivity index (χ3n) is 7.81. The number of nitrogens with two attached hydrogens (primary N) is 1. The van der Waals surface area contributed by atoms with Crippen molar-refractivity contribution in [1.29, 1.82) is 0 Å². The highest BCUT2D eigenvalue weighted by molar-refractivity contribution is 5.97. The Morgan fingerprint density at radius 3 is 2.51 bits per heavy atom. The number of rotatable bonds is 9. The predicted molar refractivity (Wildman–Crippen MR) is 158 cm³/mol. The van der Waals surface area contributed by atoms with Gasteiger partial charge >= 0.3 is 5.69 Å².